The molecule has 184 valence electrons. The van der Waals surface area contributed by atoms with Gasteiger partial charge in [-0.3, -0.25) is 4.72 Å². The molecule has 0 heterocycles. The fourth-order valence-corrected chi connectivity index (χ4v) is 5.39. The van der Waals surface area contributed by atoms with Crippen LogP contribution < -0.4 is 4.72 Å². The molecule has 0 aliphatic heterocycles. The Morgan fingerprint density at radius 3 is 2.47 bits per heavy atom. The lowest BCUT2D eigenvalue weighted by Crippen LogP contribution is -2.36. The third-order valence-electron chi connectivity index (χ3n) is 6.25. The second kappa shape index (κ2) is 11.0. The molecule has 1 fully saturated rings. The molecule has 0 saturated heterocycles. The first-order chi connectivity index (χ1) is 16.0. The normalized spacial score (nSPS) is 20.6. The average Bonchev–Trinajstić information content (AvgIpc) is 2.79. The van der Waals surface area contributed by atoms with Crippen LogP contribution in [0.5, 0.6) is 0 Å². The molecule has 1 aliphatic carbocycles. The Bertz CT molecular complexity index is 1110. The van der Waals surface area contributed by atoms with Crippen molar-refractivity contribution in [3.8, 4) is 0 Å². The van der Waals surface area contributed by atoms with E-state index in [4.69, 9.17) is 9.47 Å². The van der Waals surface area contributed by atoms with Crippen molar-refractivity contribution >= 4 is 27.6 Å². The van der Waals surface area contributed by atoms with Crippen molar-refractivity contribution in [1.82, 2.24) is 0 Å². The van der Waals surface area contributed by atoms with Gasteiger partial charge in [0.1, 0.15) is 6.10 Å². The number of ether oxygens (including phenoxy) is 2. The monoisotopic (exact) mass is 487 g/mol. The van der Waals surface area contributed by atoms with Crippen LogP contribution in [0.15, 0.2) is 53.4 Å². The maximum absolute atomic E-state index is 12.7. The van der Waals surface area contributed by atoms with Gasteiger partial charge < -0.3 is 9.47 Å². The summed E-state index contributed by atoms with van der Waals surface area (Å²) in [6, 6.07) is 12.4. The molecule has 3 rings (SSSR count). The first-order valence-electron chi connectivity index (χ1n) is 11.6. The molecule has 1 N–H and O–H groups in total. The van der Waals surface area contributed by atoms with Gasteiger partial charge in [0.2, 0.25) is 0 Å². The summed E-state index contributed by atoms with van der Waals surface area (Å²) in [4.78, 5) is 24.8. The molecule has 0 unspecified atom stereocenters. The smallest absolute Gasteiger partial charge is 0.344 e. The zero-order chi connectivity index (χ0) is 24.9. The van der Waals surface area contributed by atoms with Crippen LogP contribution in [-0.2, 0) is 24.3 Å². The van der Waals surface area contributed by atoms with E-state index in [9.17, 15) is 18.0 Å². The van der Waals surface area contributed by atoms with Gasteiger partial charge in [-0.1, -0.05) is 51.0 Å². The van der Waals surface area contributed by atoms with E-state index in [1.807, 2.05) is 6.92 Å². The highest BCUT2D eigenvalue weighted by Crippen LogP contribution is 2.35. The lowest BCUT2D eigenvalue weighted by Gasteiger charge is -2.36. The molecule has 0 radical (unpaired) electrons. The standard InChI is InChI=1S/C26H33NO6S/c1-17(2)23-13-10-19(4)14-24(23)33-25(28)16-32-26(29)20-6-5-7-22(15-20)34(30,31)27-21-11-8-18(3)9-12-21/h5-9,11-12,15,17,19,23-24,27H,10,13-14,16H2,1-4H3/t19-,23-,24+/m0/s1. The molecule has 7 nitrogen and oxygen atoms in total. The summed E-state index contributed by atoms with van der Waals surface area (Å²) in [6.07, 6.45) is 2.74. The van der Waals surface area contributed by atoms with Crippen molar-refractivity contribution in [2.75, 3.05) is 11.3 Å². The first kappa shape index (κ1) is 25.7. The summed E-state index contributed by atoms with van der Waals surface area (Å²) in [6.45, 7) is 7.77. The second-order valence-corrected chi connectivity index (χ2v) is 11.1. The Kier molecular flexibility index (Phi) is 8.36. The molecule has 0 bridgehead atoms. The topological polar surface area (TPSA) is 98.8 Å². The number of benzene rings is 2. The Morgan fingerprint density at radius 2 is 1.79 bits per heavy atom. The van der Waals surface area contributed by atoms with E-state index < -0.39 is 28.6 Å². The molecule has 0 spiro atoms. The van der Waals surface area contributed by atoms with Crippen molar-refractivity contribution in [3.63, 3.8) is 0 Å². The average molecular weight is 488 g/mol. The van der Waals surface area contributed by atoms with Crippen molar-refractivity contribution < 1.29 is 27.5 Å². The number of esters is 2. The van der Waals surface area contributed by atoms with E-state index in [1.54, 1.807) is 24.3 Å². The third-order valence-corrected chi connectivity index (χ3v) is 7.63. The maximum atomic E-state index is 12.7. The van der Waals surface area contributed by atoms with Gasteiger partial charge in [0, 0.05) is 5.69 Å². The fourth-order valence-electron chi connectivity index (χ4n) is 4.29. The maximum Gasteiger partial charge on any atom is 0.344 e. The second-order valence-electron chi connectivity index (χ2n) is 9.43. The van der Waals surface area contributed by atoms with Crippen LogP contribution in [0.1, 0.15) is 56.0 Å². The Hall–Kier alpha value is -2.87. The van der Waals surface area contributed by atoms with Gasteiger partial charge in [0.15, 0.2) is 6.61 Å². The molecule has 1 aliphatic rings. The van der Waals surface area contributed by atoms with Crippen LogP contribution in [0.3, 0.4) is 0 Å². The number of rotatable bonds is 8. The van der Waals surface area contributed by atoms with E-state index in [2.05, 4.69) is 25.5 Å². The summed E-state index contributed by atoms with van der Waals surface area (Å²) in [5, 5.41) is 0. The van der Waals surface area contributed by atoms with Crippen LogP contribution in [0.25, 0.3) is 0 Å². The molecule has 34 heavy (non-hydrogen) atoms. The first-order valence-corrected chi connectivity index (χ1v) is 13.1. The molecule has 2 aromatic carbocycles. The zero-order valence-corrected chi connectivity index (χ0v) is 20.9. The van der Waals surface area contributed by atoms with E-state index in [1.165, 1.54) is 24.3 Å². The number of nitrogens with one attached hydrogen (secondary N) is 1. The van der Waals surface area contributed by atoms with Crippen molar-refractivity contribution in [2.24, 2.45) is 17.8 Å². The lowest BCUT2D eigenvalue weighted by atomic mass is 9.75. The molecule has 3 atom stereocenters. The minimum atomic E-state index is -3.90. The minimum Gasteiger partial charge on any atom is -0.460 e. The van der Waals surface area contributed by atoms with Crippen molar-refractivity contribution in [2.45, 2.75) is 58.0 Å². The van der Waals surface area contributed by atoms with Crippen LogP contribution in [0.4, 0.5) is 5.69 Å². The molecule has 2 aromatic rings. The highest BCUT2D eigenvalue weighted by atomic mass is 32.2. The number of hydrogen-bond acceptors (Lipinski definition) is 6. The van der Waals surface area contributed by atoms with Gasteiger partial charge in [0.05, 0.1) is 10.5 Å². The summed E-state index contributed by atoms with van der Waals surface area (Å²) < 4.78 is 38.7. The molecular weight excluding hydrogens is 454 g/mol. The number of anilines is 1. The van der Waals surface area contributed by atoms with Crippen LogP contribution >= 0.6 is 0 Å². The Labute approximate surface area is 201 Å². The summed E-state index contributed by atoms with van der Waals surface area (Å²) in [7, 11) is -3.90. The van der Waals surface area contributed by atoms with E-state index >= 15 is 0 Å². The quantitative estimate of drug-likeness (QED) is 0.529. The summed E-state index contributed by atoms with van der Waals surface area (Å²) >= 11 is 0. The largest absolute Gasteiger partial charge is 0.460 e. The third kappa shape index (κ3) is 6.82. The molecule has 8 heteroatoms. The van der Waals surface area contributed by atoms with Gasteiger partial charge in [-0.25, -0.2) is 18.0 Å². The minimum absolute atomic E-state index is 0.0333. The van der Waals surface area contributed by atoms with Crippen molar-refractivity contribution in [1.29, 1.82) is 0 Å². The molecule has 0 amide bonds. The number of aryl methyl sites for hydroxylation is 1. The Balaban J connectivity index is 1.60. The van der Waals surface area contributed by atoms with Crippen LogP contribution in [0, 0.1) is 24.7 Å². The number of carbonyl (C=O) groups is 2. The Morgan fingerprint density at radius 1 is 1.09 bits per heavy atom. The van der Waals surface area contributed by atoms with Gasteiger partial charge in [-0.05, 0) is 67.9 Å². The van der Waals surface area contributed by atoms with Gasteiger partial charge in [0.25, 0.3) is 10.0 Å². The summed E-state index contributed by atoms with van der Waals surface area (Å²) in [5.41, 5.74) is 1.45. The fraction of sp³-hybridized carbons (Fsp3) is 0.462. The van der Waals surface area contributed by atoms with E-state index in [0.29, 0.717) is 23.4 Å². The summed E-state index contributed by atoms with van der Waals surface area (Å²) in [5.74, 6) is -0.219. The zero-order valence-electron chi connectivity index (χ0n) is 20.1. The highest BCUT2D eigenvalue weighted by Gasteiger charge is 2.33. The molecule has 0 aromatic heterocycles. The number of sulfonamides is 1. The number of carbonyl (C=O) groups excluding carboxylic acids is 2. The number of hydrogen-bond donors (Lipinski definition) is 1. The predicted molar refractivity (Wildman–Crippen MR) is 130 cm³/mol. The SMILES string of the molecule is Cc1ccc(NS(=O)(=O)c2cccc(C(=O)OCC(=O)O[C@@H]3C[C@@H](C)CC[C@H]3C(C)C)c2)cc1. The van der Waals surface area contributed by atoms with Gasteiger partial charge >= 0.3 is 11.9 Å². The van der Waals surface area contributed by atoms with Gasteiger partial charge in [-0.2, -0.15) is 0 Å². The van der Waals surface area contributed by atoms with E-state index in [0.717, 1.165) is 24.8 Å². The molecular formula is C26H33NO6S. The predicted octanol–water partition coefficient (Wildman–Crippen LogP) is 4.96. The van der Waals surface area contributed by atoms with Crippen molar-refractivity contribution in [3.05, 3.63) is 59.7 Å². The molecule has 1 saturated carbocycles. The van der Waals surface area contributed by atoms with Gasteiger partial charge in [-0.15, -0.1) is 0 Å². The van der Waals surface area contributed by atoms with E-state index in [-0.39, 0.29) is 16.6 Å². The van der Waals surface area contributed by atoms with Crippen LogP contribution in [-0.4, -0.2) is 33.1 Å². The van der Waals surface area contributed by atoms with Crippen LogP contribution in [0.2, 0.25) is 0 Å². The lowest BCUT2D eigenvalue weighted by molar-refractivity contribution is -0.159. The highest BCUT2D eigenvalue weighted by molar-refractivity contribution is 7.92.